The van der Waals surface area contributed by atoms with E-state index >= 15 is 0 Å². The van der Waals surface area contributed by atoms with Gasteiger partial charge in [-0.25, -0.2) is 0 Å². The quantitative estimate of drug-likeness (QED) is 0.741. The third kappa shape index (κ3) is 3.54. The molecule has 0 aliphatic heterocycles. The van der Waals surface area contributed by atoms with E-state index in [-0.39, 0.29) is 36.4 Å². The Morgan fingerprint density at radius 3 is 2.43 bits per heavy atom. The Morgan fingerprint density at radius 2 is 1.81 bits per heavy atom. The topological polar surface area (TPSA) is 75.4 Å². The number of amides is 1. The van der Waals surface area contributed by atoms with E-state index in [9.17, 15) is 9.90 Å². The van der Waals surface area contributed by atoms with Crippen LogP contribution in [-0.4, -0.2) is 29.7 Å². The molecule has 3 aliphatic rings. The maximum atomic E-state index is 12.3. The van der Waals surface area contributed by atoms with Crippen LogP contribution >= 0.6 is 12.4 Å². The van der Waals surface area contributed by atoms with E-state index in [4.69, 9.17) is 5.73 Å². The largest absolute Gasteiger partial charge is 0.391 e. The molecule has 3 fully saturated rings. The summed E-state index contributed by atoms with van der Waals surface area (Å²) in [5.41, 5.74) is 6.19. The molecule has 3 aliphatic carbocycles. The highest BCUT2D eigenvalue weighted by Crippen LogP contribution is 2.47. The van der Waals surface area contributed by atoms with Crippen molar-refractivity contribution in [1.29, 1.82) is 0 Å². The molecule has 0 spiro atoms. The summed E-state index contributed by atoms with van der Waals surface area (Å²) in [6, 6.07) is 0.0422. The predicted molar refractivity (Wildman–Crippen MR) is 85.1 cm³/mol. The number of nitrogens with one attached hydrogen (secondary N) is 1. The van der Waals surface area contributed by atoms with Crippen molar-refractivity contribution in [2.45, 2.75) is 63.5 Å². The summed E-state index contributed by atoms with van der Waals surface area (Å²) in [7, 11) is 0. The SMILES string of the molecule is Cl.NC1C2CCC(C2)C1C(=O)NCC(O)C1CCCCC1. The van der Waals surface area contributed by atoms with Crippen molar-refractivity contribution in [2.75, 3.05) is 6.54 Å². The Labute approximate surface area is 133 Å². The lowest BCUT2D eigenvalue weighted by Crippen LogP contribution is -2.47. The van der Waals surface area contributed by atoms with Gasteiger partial charge < -0.3 is 16.2 Å². The van der Waals surface area contributed by atoms with Crippen molar-refractivity contribution in [1.82, 2.24) is 5.32 Å². The Balaban J connectivity index is 0.00000161. The maximum absolute atomic E-state index is 12.3. The molecule has 0 aromatic carbocycles. The third-order valence-corrected chi connectivity index (χ3v) is 5.96. The lowest BCUT2D eigenvalue weighted by atomic mass is 9.83. The first-order valence-electron chi connectivity index (χ1n) is 8.38. The average Bonchev–Trinajstić information content (AvgIpc) is 3.06. The molecule has 3 saturated carbocycles. The number of aliphatic hydroxyl groups excluding tert-OH is 1. The second-order valence-corrected chi connectivity index (χ2v) is 7.15. The smallest absolute Gasteiger partial charge is 0.225 e. The molecule has 0 radical (unpaired) electrons. The van der Waals surface area contributed by atoms with Crippen molar-refractivity contribution >= 4 is 18.3 Å². The Morgan fingerprint density at radius 1 is 1.14 bits per heavy atom. The number of hydrogen-bond donors (Lipinski definition) is 3. The van der Waals surface area contributed by atoms with Gasteiger partial charge in [0.25, 0.3) is 0 Å². The van der Waals surface area contributed by atoms with Crippen LogP contribution in [0.15, 0.2) is 0 Å². The summed E-state index contributed by atoms with van der Waals surface area (Å²) in [4.78, 5) is 12.3. The van der Waals surface area contributed by atoms with Crippen LogP contribution in [0.5, 0.6) is 0 Å². The molecule has 4 N–H and O–H groups in total. The molecule has 0 heterocycles. The van der Waals surface area contributed by atoms with E-state index in [1.54, 1.807) is 0 Å². The Hall–Kier alpha value is -0.320. The minimum Gasteiger partial charge on any atom is -0.391 e. The number of aliphatic hydroxyl groups is 1. The van der Waals surface area contributed by atoms with Crippen molar-refractivity contribution in [3.05, 3.63) is 0 Å². The van der Waals surface area contributed by atoms with Gasteiger partial charge in [0.2, 0.25) is 5.91 Å². The molecular weight excluding hydrogens is 288 g/mol. The average molecular weight is 317 g/mol. The summed E-state index contributed by atoms with van der Waals surface area (Å²) in [6.45, 7) is 0.407. The van der Waals surface area contributed by atoms with Crippen LogP contribution in [0.1, 0.15) is 51.4 Å². The normalized spacial score (nSPS) is 37.0. The molecule has 21 heavy (non-hydrogen) atoms. The zero-order valence-electron chi connectivity index (χ0n) is 12.7. The molecule has 5 unspecified atom stereocenters. The number of carbonyl (C=O) groups excluding carboxylic acids is 1. The molecule has 3 rings (SSSR count). The van der Waals surface area contributed by atoms with Crippen LogP contribution in [0.2, 0.25) is 0 Å². The van der Waals surface area contributed by atoms with Gasteiger partial charge in [-0.2, -0.15) is 0 Å². The van der Waals surface area contributed by atoms with Crippen LogP contribution in [0.4, 0.5) is 0 Å². The summed E-state index contributed by atoms with van der Waals surface area (Å²) < 4.78 is 0. The van der Waals surface area contributed by atoms with Gasteiger partial charge in [-0.1, -0.05) is 19.3 Å². The van der Waals surface area contributed by atoms with Crippen LogP contribution in [0, 0.1) is 23.7 Å². The zero-order valence-corrected chi connectivity index (χ0v) is 13.5. The fraction of sp³-hybridized carbons (Fsp3) is 0.938. The number of fused-ring (bicyclic) bond motifs is 2. The molecule has 4 nitrogen and oxygen atoms in total. The standard InChI is InChI=1S/C16H28N2O2.ClH/c17-15-12-7-6-11(8-12)14(15)16(20)18-9-13(19)10-4-2-1-3-5-10;/h10-15,19H,1-9,17H2,(H,18,20);1H. The molecule has 122 valence electrons. The molecule has 0 saturated heterocycles. The molecule has 5 atom stereocenters. The molecule has 5 heteroatoms. The fourth-order valence-electron chi connectivity index (χ4n) is 4.73. The minimum atomic E-state index is -0.380. The highest BCUT2D eigenvalue weighted by atomic mass is 35.5. The highest BCUT2D eigenvalue weighted by Gasteiger charge is 2.49. The molecule has 0 aromatic heterocycles. The molecule has 2 bridgehead atoms. The Kier molecular flexibility index (Phi) is 5.92. The Bertz CT molecular complexity index is 358. The van der Waals surface area contributed by atoms with Crippen LogP contribution < -0.4 is 11.1 Å². The first-order chi connectivity index (χ1) is 9.66. The van der Waals surface area contributed by atoms with Gasteiger partial charge in [0.05, 0.1) is 12.0 Å². The van der Waals surface area contributed by atoms with E-state index in [2.05, 4.69) is 5.32 Å². The van der Waals surface area contributed by atoms with Crippen LogP contribution in [-0.2, 0) is 4.79 Å². The van der Waals surface area contributed by atoms with E-state index in [0.717, 1.165) is 25.7 Å². The van der Waals surface area contributed by atoms with Gasteiger partial charge in [0.15, 0.2) is 0 Å². The highest BCUT2D eigenvalue weighted by molar-refractivity contribution is 5.85. The second-order valence-electron chi connectivity index (χ2n) is 7.15. The summed E-state index contributed by atoms with van der Waals surface area (Å²) >= 11 is 0. The van der Waals surface area contributed by atoms with Gasteiger partial charge in [0.1, 0.15) is 0 Å². The second kappa shape index (κ2) is 7.30. The summed E-state index contributed by atoms with van der Waals surface area (Å²) in [6.07, 6.45) is 9.02. The van der Waals surface area contributed by atoms with E-state index < -0.39 is 0 Å². The first-order valence-corrected chi connectivity index (χ1v) is 8.38. The molecular formula is C16H29ClN2O2. The summed E-state index contributed by atoms with van der Waals surface area (Å²) in [5, 5.41) is 13.2. The number of carbonyl (C=O) groups is 1. The minimum absolute atomic E-state index is 0. The van der Waals surface area contributed by atoms with Gasteiger partial charge in [-0.3, -0.25) is 4.79 Å². The fourth-order valence-corrected chi connectivity index (χ4v) is 4.73. The number of halogens is 1. The van der Waals surface area contributed by atoms with Gasteiger partial charge in [-0.05, 0) is 49.9 Å². The molecule has 1 amide bonds. The van der Waals surface area contributed by atoms with Crippen LogP contribution in [0.25, 0.3) is 0 Å². The lowest BCUT2D eigenvalue weighted by molar-refractivity contribution is -0.127. The molecule has 0 aromatic rings. The number of rotatable bonds is 4. The van der Waals surface area contributed by atoms with Gasteiger partial charge >= 0.3 is 0 Å². The van der Waals surface area contributed by atoms with Crippen LogP contribution in [0.3, 0.4) is 0 Å². The van der Waals surface area contributed by atoms with Crippen molar-refractivity contribution in [2.24, 2.45) is 29.4 Å². The lowest BCUT2D eigenvalue weighted by Gasteiger charge is -2.29. The zero-order chi connectivity index (χ0) is 14.1. The monoisotopic (exact) mass is 316 g/mol. The van der Waals surface area contributed by atoms with Gasteiger partial charge in [-0.15, -0.1) is 12.4 Å². The van der Waals surface area contributed by atoms with Crippen molar-refractivity contribution in [3.63, 3.8) is 0 Å². The van der Waals surface area contributed by atoms with Gasteiger partial charge in [0, 0.05) is 12.6 Å². The number of hydrogen-bond acceptors (Lipinski definition) is 3. The van der Waals surface area contributed by atoms with Crippen molar-refractivity contribution < 1.29 is 9.90 Å². The maximum Gasteiger partial charge on any atom is 0.225 e. The number of nitrogens with two attached hydrogens (primary N) is 1. The van der Waals surface area contributed by atoms with E-state index in [1.807, 2.05) is 0 Å². The van der Waals surface area contributed by atoms with E-state index in [0.29, 0.717) is 24.3 Å². The first kappa shape index (κ1) is 17.0. The van der Waals surface area contributed by atoms with E-state index in [1.165, 1.54) is 25.7 Å². The predicted octanol–water partition coefficient (Wildman–Crippen LogP) is 1.84. The van der Waals surface area contributed by atoms with Crippen molar-refractivity contribution in [3.8, 4) is 0 Å². The third-order valence-electron chi connectivity index (χ3n) is 5.96. The summed E-state index contributed by atoms with van der Waals surface area (Å²) in [5.74, 6) is 1.49.